The van der Waals surface area contributed by atoms with Crippen LogP contribution < -0.4 is 5.32 Å². The number of aryl methyl sites for hydroxylation is 1. The summed E-state index contributed by atoms with van der Waals surface area (Å²) in [5, 5.41) is 10.6. The first-order valence-corrected chi connectivity index (χ1v) is 6.03. The Balaban J connectivity index is 1.84. The lowest BCUT2D eigenvalue weighted by molar-refractivity contribution is 0.102. The summed E-state index contributed by atoms with van der Waals surface area (Å²) in [7, 11) is 0. The molecule has 0 fully saturated rings. The van der Waals surface area contributed by atoms with Gasteiger partial charge in [0.25, 0.3) is 5.91 Å². The van der Waals surface area contributed by atoms with Crippen LogP contribution >= 0.6 is 0 Å². The fourth-order valence-corrected chi connectivity index (χ4v) is 1.92. The van der Waals surface area contributed by atoms with Crippen LogP contribution in [0.25, 0.3) is 10.9 Å². The van der Waals surface area contributed by atoms with Crippen molar-refractivity contribution in [1.29, 1.82) is 0 Å². The van der Waals surface area contributed by atoms with Gasteiger partial charge >= 0.3 is 0 Å². The van der Waals surface area contributed by atoms with E-state index < -0.39 is 0 Å². The van der Waals surface area contributed by atoms with Crippen molar-refractivity contribution >= 4 is 22.5 Å². The Labute approximate surface area is 110 Å². The first-order valence-electron chi connectivity index (χ1n) is 6.03. The van der Waals surface area contributed by atoms with Crippen molar-refractivity contribution in [3.63, 3.8) is 0 Å². The lowest BCUT2D eigenvalue weighted by Crippen LogP contribution is -2.11. The highest BCUT2D eigenvalue weighted by molar-refractivity contribution is 6.06. The number of fused-ring (bicyclic) bond motifs is 1. The molecule has 19 heavy (non-hydrogen) atoms. The van der Waals surface area contributed by atoms with E-state index in [4.69, 9.17) is 0 Å². The zero-order valence-corrected chi connectivity index (χ0v) is 10.5. The molecule has 0 radical (unpaired) electrons. The summed E-state index contributed by atoms with van der Waals surface area (Å²) in [6.07, 6.45) is 1.71. The van der Waals surface area contributed by atoms with Crippen molar-refractivity contribution in [2.45, 2.75) is 6.92 Å². The van der Waals surface area contributed by atoms with Gasteiger partial charge in [0.2, 0.25) is 0 Å². The standard InChI is InChI=1S/C15H13N3O/c1-10-2-5-13(6-3-10)17-15(19)11-4-7-14-12(8-11)9-16-18-14/h2-9H,1H3,(H,16,18)(H,17,19). The average Bonchev–Trinajstić information content (AvgIpc) is 2.88. The molecule has 2 N–H and O–H groups in total. The summed E-state index contributed by atoms with van der Waals surface area (Å²) >= 11 is 0. The summed E-state index contributed by atoms with van der Waals surface area (Å²) in [6, 6.07) is 13.2. The second-order valence-corrected chi connectivity index (χ2v) is 4.49. The number of carbonyl (C=O) groups excluding carboxylic acids is 1. The number of amides is 1. The average molecular weight is 251 g/mol. The van der Waals surface area contributed by atoms with E-state index in [-0.39, 0.29) is 5.91 Å². The molecule has 2 aromatic carbocycles. The Hall–Kier alpha value is -2.62. The van der Waals surface area contributed by atoms with Crippen molar-refractivity contribution < 1.29 is 4.79 Å². The van der Waals surface area contributed by atoms with E-state index in [0.29, 0.717) is 5.56 Å². The number of carbonyl (C=O) groups is 1. The summed E-state index contributed by atoms with van der Waals surface area (Å²) in [5.74, 6) is -0.119. The van der Waals surface area contributed by atoms with Gasteiger partial charge in [0.15, 0.2) is 0 Å². The summed E-state index contributed by atoms with van der Waals surface area (Å²) < 4.78 is 0. The number of aromatic amines is 1. The minimum absolute atomic E-state index is 0.119. The summed E-state index contributed by atoms with van der Waals surface area (Å²) in [5.41, 5.74) is 3.50. The minimum Gasteiger partial charge on any atom is -0.322 e. The summed E-state index contributed by atoms with van der Waals surface area (Å²) in [4.78, 5) is 12.1. The SMILES string of the molecule is Cc1ccc(NC(=O)c2ccc3[nH]ncc3c2)cc1. The van der Waals surface area contributed by atoms with E-state index in [1.165, 1.54) is 0 Å². The van der Waals surface area contributed by atoms with E-state index in [1.54, 1.807) is 12.3 Å². The normalized spacial score (nSPS) is 10.6. The van der Waals surface area contributed by atoms with Crippen LogP contribution in [0.1, 0.15) is 15.9 Å². The van der Waals surface area contributed by atoms with Gasteiger partial charge in [-0.3, -0.25) is 9.89 Å². The molecule has 0 aliphatic rings. The molecular formula is C15H13N3O. The quantitative estimate of drug-likeness (QED) is 0.735. The maximum absolute atomic E-state index is 12.1. The Bertz CT molecular complexity index is 728. The molecule has 0 saturated carbocycles. The van der Waals surface area contributed by atoms with Crippen LogP contribution in [0.15, 0.2) is 48.7 Å². The third-order valence-corrected chi connectivity index (χ3v) is 3.01. The molecule has 1 amide bonds. The van der Waals surface area contributed by atoms with Crippen LogP contribution in [0.4, 0.5) is 5.69 Å². The second kappa shape index (κ2) is 4.57. The van der Waals surface area contributed by atoms with Gasteiger partial charge in [-0.1, -0.05) is 17.7 Å². The van der Waals surface area contributed by atoms with E-state index >= 15 is 0 Å². The molecule has 1 aromatic heterocycles. The van der Waals surface area contributed by atoms with Gasteiger partial charge in [-0.2, -0.15) is 5.10 Å². The maximum atomic E-state index is 12.1. The molecule has 0 aliphatic heterocycles. The van der Waals surface area contributed by atoms with Crippen LogP contribution in [0, 0.1) is 6.92 Å². The van der Waals surface area contributed by atoms with Crippen molar-refractivity contribution in [1.82, 2.24) is 10.2 Å². The third-order valence-electron chi connectivity index (χ3n) is 3.01. The van der Waals surface area contributed by atoms with Crippen molar-refractivity contribution in [2.24, 2.45) is 0 Å². The molecule has 0 saturated heterocycles. The van der Waals surface area contributed by atoms with Gasteiger partial charge in [0.05, 0.1) is 11.7 Å². The maximum Gasteiger partial charge on any atom is 0.255 e. The van der Waals surface area contributed by atoms with Crippen molar-refractivity contribution in [3.8, 4) is 0 Å². The topological polar surface area (TPSA) is 57.8 Å². The molecule has 3 aromatic rings. The van der Waals surface area contributed by atoms with E-state index in [9.17, 15) is 4.79 Å². The third kappa shape index (κ3) is 2.33. The first-order chi connectivity index (χ1) is 9.22. The highest BCUT2D eigenvalue weighted by Gasteiger charge is 2.07. The van der Waals surface area contributed by atoms with Gasteiger partial charge in [-0.05, 0) is 37.3 Å². The molecule has 0 atom stereocenters. The van der Waals surface area contributed by atoms with E-state index in [0.717, 1.165) is 22.2 Å². The molecule has 94 valence electrons. The van der Waals surface area contributed by atoms with Gasteiger partial charge < -0.3 is 5.32 Å². The molecule has 0 spiro atoms. The van der Waals surface area contributed by atoms with Gasteiger partial charge in [-0.25, -0.2) is 0 Å². The Morgan fingerprint density at radius 1 is 1.16 bits per heavy atom. The summed E-state index contributed by atoms with van der Waals surface area (Å²) in [6.45, 7) is 2.01. The molecule has 0 unspecified atom stereocenters. The minimum atomic E-state index is -0.119. The monoisotopic (exact) mass is 251 g/mol. The van der Waals surface area contributed by atoms with E-state index in [2.05, 4.69) is 15.5 Å². The lowest BCUT2D eigenvalue weighted by Gasteiger charge is -2.05. The van der Waals surface area contributed by atoms with Gasteiger partial charge in [0.1, 0.15) is 0 Å². The molecule has 4 nitrogen and oxygen atoms in total. The Kier molecular flexibility index (Phi) is 2.76. The molecule has 0 aliphatic carbocycles. The lowest BCUT2D eigenvalue weighted by atomic mass is 10.1. The number of hydrogen-bond donors (Lipinski definition) is 2. The molecule has 0 bridgehead atoms. The highest BCUT2D eigenvalue weighted by Crippen LogP contribution is 2.15. The Morgan fingerprint density at radius 3 is 2.74 bits per heavy atom. The molecular weight excluding hydrogens is 238 g/mol. The van der Waals surface area contributed by atoms with Crippen LogP contribution in [0.2, 0.25) is 0 Å². The van der Waals surface area contributed by atoms with Gasteiger partial charge in [0, 0.05) is 16.6 Å². The van der Waals surface area contributed by atoms with Crippen LogP contribution in [0.3, 0.4) is 0 Å². The van der Waals surface area contributed by atoms with Crippen LogP contribution in [0.5, 0.6) is 0 Å². The highest BCUT2D eigenvalue weighted by atomic mass is 16.1. The number of hydrogen-bond acceptors (Lipinski definition) is 2. The first kappa shape index (κ1) is 11.5. The largest absolute Gasteiger partial charge is 0.322 e. The number of aromatic nitrogens is 2. The zero-order valence-electron chi connectivity index (χ0n) is 10.5. The Morgan fingerprint density at radius 2 is 1.95 bits per heavy atom. The predicted octanol–water partition coefficient (Wildman–Crippen LogP) is 3.12. The molecule has 3 rings (SSSR count). The molecule has 1 heterocycles. The van der Waals surface area contributed by atoms with Gasteiger partial charge in [-0.15, -0.1) is 0 Å². The smallest absolute Gasteiger partial charge is 0.255 e. The second-order valence-electron chi connectivity index (χ2n) is 4.49. The zero-order chi connectivity index (χ0) is 13.2. The van der Waals surface area contributed by atoms with Crippen molar-refractivity contribution in [2.75, 3.05) is 5.32 Å². The number of nitrogens with one attached hydrogen (secondary N) is 2. The number of anilines is 1. The fourth-order valence-electron chi connectivity index (χ4n) is 1.92. The number of benzene rings is 2. The van der Waals surface area contributed by atoms with Crippen LogP contribution in [-0.4, -0.2) is 16.1 Å². The van der Waals surface area contributed by atoms with Crippen LogP contribution in [-0.2, 0) is 0 Å². The fraction of sp³-hybridized carbons (Fsp3) is 0.0667. The van der Waals surface area contributed by atoms with E-state index in [1.807, 2.05) is 43.3 Å². The number of nitrogens with zero attached hydrogens (tertiary/aromatic N) is 1. The molecule has 4 heteroatoms. The number of H-pyrrole nitrogens is 1. The van der Waals surface area contributed by atoms with Crippen molar-refractivity contribution in [3.05, 3.63) is 59.8 Å². The number of rotatable bonds is 2. The predicted molar refractivity (Wildman–Crippen MR) is 75.2 cm³/mol.